The molecule has 5 heterocycles. The number of rotatable bonds is 8. The van der Waals surface area contributed by atoms with Crippen LogP contribution in [-0.2, 0) is 33.3 Å². The molecule has 4 aliphatic heterocycles. The number of hydrogen-bond donors (Lipinski definition) is 1. The number of carboxylic acid groups (broad SMARTS) is 1. The second kappa shape index (κ2) is 13.4. The Morgan fingerprint density at radius 2 is 1.87 bits per heavy atom. The molecule has 4 aliphatic rings. The molecular weight excluding hydrogens is 631 g/mol. The number of hydrogen-bond acceptors (Lipinski definition) is 11. The number of esters is 1. The third-order valence-corrected chi connectivity index (χ3v) is 8.98. The summed E-state index contributed by atoms with van der Waals surface area (Å²) in [4.78, 5) is 30.8. The van der Waals surface area contributed by atoms with Gasteiger partial charge in [-0.25, -0.2) is 27.4 Å². The normalized spacial score (nSPS) is 29.1. The van der Waals surface area contributed by atoms with Crippen LogP contribution >= 0.6 is 0 Å². The van der Waals surface area contributed by atoms with Gasteiger partial charge in [-0.3, -0.25) is 0 Å². The Balaban J connectivity index is 1.26. The van der Waals surface area contributed by atoms with Crippen molar-refractivity contribution in [3.8, 4) is 11.3 Å². The lowest BCUT2D eigenvalue weighted by atomic mass is 9.86. The zero-order valence-electron chi connectivity index (χ0n) is 26.0. The minimum atomic E-state index is -1.60. The Morgan fingerprint density at radius 1 is 1.15 bits per heavy atom. The van der Waals surface area contributed by atoms with Crippen molar-refractivity contribution in [2.45, 2.75) is 81.9 Å². The van der Waals surface area contributed by atoms with Crippen molar-refractivity contribution in [2.24, 2.45) is 11.1 Å². The third kappa shape index (κ3) is 7.07. The molecule has 3 fully saturated rings. The second-order valence-corrected chi connectivity index (χ2v) is 12.5. The number of ether oxygens (including phenoxy) is 5. The van der Waals surface area contributed by atoms with E-state index >= 15 is 0 Å². The van der Waals surface area contributed by atoms with Crippen LogP contribution in [0.15, 0.2) is 23.5 Å². The molecule has 1 N–H and O–H groups in total. The van der Waals surface area contributed by atoms with Crippen LogP contribution in [0, 0.1) is 23.4 Å². The number of benzene rings is 1. The van der Waals surface area contributed by atoms with Crippen molar-refractivity contribution in [1.82, 2.24) is 19.9 Å². The Morgan fingerprint density at radius 3 is 2.55 bits per heavy atom. The average Bonchev–Trinajstić information content (AvgIpc) is 3.72. The van der Waals surface area contributed by atoms with Gasteiger partial charge in [0.2, 0.25) is 0 Å². The first-order chi connectivity index (χ1) is 22.4. The molecule has 2 aromatic rings. The van der Waals surface area contributed by atoms with Gasteiger partial charge in [0.05, 0.1) is 31.7 Å². The van der Waals surface area contributed by atoms with Crippen LogP contribution < -0.4 is 0 Å². The molecule has 256 valence electrons. The van der Waals surface area contributed by atoms with Gasteiger partial charge in [-0.1, -0.05) is 10.4 Å². The molecule has 6 atom stereocenters. The molecule has 17 heteroatoms. The van der Waals surface area contributed by atoms with Gasteiger partial charge in [0, 0.05) is 37.4 Å². The zero-order chi connectivity index (χ0) is 33.5. The Hall–Kier alpha value is -3.80. The minimum absolute atomic E-state index is 0.0358. The number of nitrogens with zero attached hydrogens (tertiary/aromatic N) is 5. The molecule has 3 saturated heterocycles. The molecule has 1 unspecified atom stereocenters. The second-order valence-electron chi connectivity index (χ2n) is 12.5. The van der Waals surface area contributed by atoms with Crippen molar-refractivity contribution >= 4 is 17.8 Å². The van der Waals surface area contributed by atoms with E-state index in [9.17, 15) is 27.9 Å². The highest BCUT2D eigenvalue weighted by molar-refractivity contribution is 5.88. The standard InChI is InChI=1S/C30H36F3N5O9/c1-30(2)44-13-23-28(46-30)26(38-12-21(34-36-38)16-8-18(31)25(33)19(32)9-16)27(43-14-24(39)42-3)22(45-23)11-17-10-20(35-47-17)15-4-6-37(7-5-15)29(40)41/h8-9,12,15,17,22-23,26-28H,4-7,10-11,13-14H2,1-3H3,(H,40,41)/t17?,22-,23-,26-,27+,28+/m1/s1. The largest absolute Gasteiger partial charge is 0.467 e. The highest BCUT2D eigenvalue weighted by Gasteiger charge is 2.54. The van der Waals surface area contributed by atoms with E-state index in [-0.39, 0.29) is 30.2 Å². The number of likely N-dealkylation sites (tertiary alicyclic amines) is 1. The average molecular weight is 668 g/mol. The van der Waals surface area contributed by atoms with Crippen molar-refractivity contribution in [3.63, 3.8) is 0 Å². The van der Waals surface area contributed by atoms with Gasteiger partial charge < -0.3 is 38.5 Å². The van der Waals surface area contributed by atoms with Crippen LogP contribution in [0.4, 0.5) is 18.0 Å². The number of halogens is 3. The molecule has 0 aliphatic carbocycles. The monoisotopic (exact) mass is 667 g/mol. The summed E-state index contributed by atoms with van der Waals surface area (Å²) in [5.74, 6) is -5.92. The molecular formula is C30H36F3N5O9. The van der Waals surface area contributed by atoms with Crippen LogP contribution in [0.2, 0.25) is 0 Å². The number of carbonyl (C=O) groups excluding carboxylic acids is 1. The number of piperidine rings is 1. The van der Waals surface area contributed by atoms with Crippen molar-refractivity contribution in [3.05, 3.63) is 35.8 Å². The zero-order valence-corrected chi connectivity index (χ0v) is 26.0. The van der Waals surface area contributed by atoms with Crippen LogP contribution in [0.5, 0.6) is 0 Å². The summed E-state index contributed by atoms with van der Waals surface area (Å²) in [7, 11) is 1.23. The smallest absolute Gasteiger partial charge is 0.407 e. The Bertz CT molecular complexity index is 1490. The summed E-state index contributed by atoms with van der Waals surface area (Å²) in [5.41, 5.74) is 0.876. The maximum absolute atomic E-state index is 14.1. The first-order valence-corrected chi connectivity index (χ1v) is 15.3. The number of aromatic nitrogens is 3. The quantitative estimate of drug-likeness (QED) is 0.326. The highest BCUT2D eigenvalue weighted by Crippen LogP contribution is 2.42. The molecule has 1 aromatic carbocycles. The first-order valence-electron chi connectivity index (χ1n) is 15.3. The fourth-order valence-electron chi connectivity index (χ4n) is 6.59. The summed E-state index contributed by atoms with van der Waals surface area (Å²) < 4.78 is 72.9. The summed E-state index contributed by atoms with van der Waals surface area (Å²) in [6, 6.07) is 0.856. The lowest BCUT2D eigenvalue weighted by Gasteiger charge is -2.51. The number of oxime groups is 1. The summed E-state index contributed by atoms with van der Waals surface area (Å²) >= 11 is 0. The van der Waals surface area contributed by atoms with Gasteiger partial charge in [-0.15, -0.1) is 5.10 Å². The third-order valence-electron chi connectivity index (χ3n) is 8.98. The van der Waals surface area contributed by atoms with Crippen LogP contribution in [0.3, 0.4) is 0 Å². The van der Waals surface area contributed by atoms with Crippen LogP contribution in [-0.4, -0.2) is 112 Å². The van der Waals surface area contributed by atoms with Crippen molar-refractivity contribution < 1.29 is 56.4 Å². The van der Waals surface area contributed by atoms with E-state index in [1.54, 1.807) is 13.8 Å². The first kappa shape index (κ1) is 33.1. The van der Waals surface area contributed by atoms with Crippen molar-refractivity contribution in [1.29, 1.82) is 0 Å². The van der Waals surface area contributed by atoms with E-state index in [1.807, 2.05) is 0 Å². The number of carbonyl (C=O) groups is 2. The van der Waals surface area contributed by atoms with Gasteiger partial charge in [-0.05, 0) is 38.8 Å². The molecule has 0 spiro atoms. The van der Waals surface area contributed by atoms with Crippen LogP contribution in [0.25, 0.3) is 11.3 Å². The van der Waals surface area contributed by atoms with E-state index in [0.29, 0.717) is 32.4 Å². The van der Waals surface area contributed by atoms with E-state index in [2.05, 4.69) is 15.5 Å². The van der Waals surface area contributed by atoms with E-state index in [1.165, 1.54) is 22.9 Å². The van der Waals surface area contributed by atoms with E-state index < -0.39 is 78.5 Å². The van der Waals surface area contributed by atoms with Crippen LogP contribution in [0.1, 0.15) is 45.6 Å². The molecule has 0 radical (unpaired) electrons. The summed E-state index contributed by atoms with van der Waals surface area (Å²) in [6.45, 7) is 4.02. The molecule has 6 rings (SSSR count). The summed E-state index contributed by atoms with van der Waals surface area (Å²) in [5, 5.41) is 22.0. The SMILES string of the molecule is COC(=O)CO[C@@H]1[C@@H](n2cc(-c3cc(F)c(F)c(F)c3)nn2)[C@H]2OC(C)(C)OC[C@H]2O[C@@H]1CC1CC(C2CCN(C(=O)O)CC2)=NO1. The van der Waals surface area contributed by atoms with Gasteiger partial charge in [0.1, 0.15) is 42.8 Å². The maximum atomic E-state index is 14.1. The fourth-order valence-corrected chi connectivity index (χ4v) is 6.59. The van der Waals surface area contributed by atoms with E-state index in [4.69, 9.17) is 28.5 Å². The predicted octanol–water partition coefficient (Wildman–Crippen LogP) is 3.31. The Kier molecular flexibility index (Phi) is 9.42. The Labute approximate surface area is 267 Å². The minimum Gasteiger partial charge on any atom is -0.467 e. The predicted molar refractivity (Wildman–Crippen MR) is 154 cm³/mol. The number of amides is 1. The maximum Gasteiger partial charge on any atom is 0.407 e. The number of methoxy groups -OCH3 is 1. The van der Waals surface area contributed by atoms with Crippen molar-refractivity contribution in [2.75, 3.05) is 33.4 Å². The van der Waals surface area contributed by atoms with Gasteiger partial charge in [0.15, 0.2) is 23.2 Å². The highest BCUT2D eigenvalue weighted by atomic mass is 19.2. The molecule has 0 bridgehead atoms. The lowest BCUT2D eigenvalue weighted by molar-refractivity contribution is -0.352. The lowest BCUT2D eigenvalue weighted by Crippen LogP contribution is -2.63. The van der Waals surface area contributed by atoms with Gasteiger partial charge in [0.25, 0.3) is 0 Å². The fraction of sp³-hybridized carbons (Fsp3) is 0.633. The molecule has 0 saturated carbocycles. The van der Waals surface area contributed by atoms with Gasteiger partial charge >= 0.3 is 12.1 Å². The van der Waals surface area contributed by atoms with Gasteiger partial charge in [-0.2, -0.15) is 0 Å². The summed E-state index contributed by atoms with van der Waals surface area (Å²) in [6.07, 6.45) is -0.815. The topological polar surface area (TPSA) is 156 Å². The van der Waals surface area contributed by atoms with E-state index in [0.717, 1.165) is 17.8 Å². The molecule has 47 heavy (non-hydrogen) atoms. The molecule has 1 aromatic heterocycles. The number of fused-ring (bicyclic) bond motifs is 1. The molecule has 1 amide bonds. The molecule has 14 nitrogen and oxygen atoms in total.